The number of carbonyl (C=O) groups is 1. The molecule has 0 unspecified atom stereocenters. The Hall–Kier alpha value is -2.53. The SMILES string of the molecule is O=C(O)c1cccc(Oc2nc3cc(Cl)ccc3o2)c1. The maximum atomic E-state index is 10.9. The summed E-state index contributed by atoms with van der Waals surface area (Å²) in [5.74, 6) is -0.692. The van der Waals surface area contributed by atoms with Crippen molar-refractivity contribution in [2.24, 2.45) is 0 Å². The van der Waals surface area contributed by atoms with Gasteiger partial charge in [-0.25, -0.2) is 4.79 Å². The molecule has 0 amide bonds. The summed E-state index contributed by atoms with van der Waals surface area (Å²) in [4.78, 5) is 15.0. The van der Waals surface area contributed by atoms with E-state index in [9.17, 15) is 4.79 Å². The second-order valence-corrected chi connectivity index (χ2v) is 4.46. The number of benzene rings is 2. The maximum absolute atomic E-state index is 10.9. The zero-order valence-electron chi connectivity index (χ0n) is 10.0. The highest BCUT2D eigenvalue weighted by Gasteiger charge is 2.10. The lowest BCUT2D eigenvalue weighted by atomic mass is 10.2. The first-order chi connectivity index (χ1) is 9.61. The third-order valence-corrected chi connectivity index (χ3v) is 2.85. The topological polar surface area (TPSA) is 72.6 Å². The van der Waals surface area contributed by atoms with Crippen LogP contribution in [0.2, 0.25) is 5.02 Å². The molecule has 3 aromatic rings. The van der Waals surface area contributed by atoms with Crippen LogP contribution in [0.5, 0.6) is 11.8 Å². The van der Waals surface area contributed by atoms with Crippen molar-refractivity contribution in [1.29, 1.82) is 0 Å². The van der Waals surface area contributed by atoms with Gasteiger partial charge >= 0.3 is 12.0 Å². The number of carboxylic acids is 1. The highest BCUT2D eigenvalue weighted by molar-refractivity contribution is 6.31. The Bertz CT molecular complexity index is 797. The number of carboxylic acid groups (broad SMARTS) is 1. The number of oxazole rings is 1. The van der Waals surface area contributed by atoms with Gasteiger partial charge in [-0.1, -0.05) is 17.7 Å². The molecule has 100 valence electrons. The number of rotatable bonds is 3. The first-order valence-corrected chi connectivity index (χ1v) is 6.07. The molecule has 1 N–H and O–H groups in total. The Kier molecular flexibility index (Phi) is 3.04. The predicted molar refractivity (Wildman–Crippen MR) is 72.5 cm³/mol. The van der Waals surface area contributed by atoms with Crippen LogP contribution in [0.1, 0.15) is 10.4 Å². The van der Waals surface area contributed by atoms with E-state index in [1.165, 1.54) is 12.1 Å². The van der Waals surface area contributed by atoms with Crippen LogP contribution in [-0.4, -0.2) is 16.1 Å². The van der Waals surface area contributed by atoms with Crippen molar-refractivity contribution < 1.29 is 19.1 Å². The Morgan fingerprint density at radius 2 is 2.10 bits per heavy atom. The number of halogens is 1. The van der Waals surface area contributed by atoms with Gasteiger partial charge in [0.2, 0.25) is 0 Å². The van der Waals surface area contributed by atoms with E-state index in [0.717, 1.165) is 0 Å². The molecular formula is C14H8ClNO4. The molecule has 0 saturated carbocycles. The van der Waals surface area contributed by atoms with E-state index in [0.29, 0.717) is 21.9 Å². The summed E-state index contributed by atoms with van der Waals surface area (Å²) in [5, 5.41) is 9.46. The van der Waals surface area contributed by atoms with Crippen molar-refractivity contribution in [3.63, 3.8) is 0 Å². The van der Waals surface area contributed by atoms with Gasteiger partial charge in [-0.2, -0.15) is 4.98 Å². The van der Waals surface area contributed by atoms with Crippen LogP contribution < -0.4 is 4.74 Å². The first-order valence-electron chi connectivity index (χ1n) is 5.69. The molecule has 0 atom stereocenters. The minimum atomic E-state index is -1.03. The largest absolute Gasteiger partial charge is 0.478 e. The number of hydrogen-bond donors (Lipinski definition) is 1. The molecule has 1 aromatic heterocycles. The molecule has 5 nitrogen and oxygen atoms in total. The summed E-state index contributed by atoms with van der Waals surface area (Å²) in [7, 11) is 0. The van der Waals surface area contributed by atoms with E-state index in [1.54, 1.807) is 30.3 Å². The number of fused-ring (bicyclic) bond motifs is 1. The molecule has 0 aliphatic carbocycles. The highest BCUT2D eigenvalue weighted by atomic mass is 35.5. The summed E-state index contributed by atoms with van der Waals surface area (Å²) < 4.78 is 10.8. The molecule has 1 heterocycles. The van der Waals surface area contributed by atoms with E-state index >= 15 is 0 Å². The van der Waals surface area contributed by atoms with Gasteiger partial charge in [-0.3, -0.25) is 0 Å². The van der Waals surface area contributed by atoms with E-state index in [1.807, 2.05) is 0 Å². The smallest absolute Gasteiger partial charge is 0.400 e. The molecule has 20 heavy (non-hydrogen) atoms. The summed E-state index contributed by atoms with van der Waals surface area (Å²) in [5.41, 5.74) is 1.24. The Labute approximate surface area is 118 Å². The second kappa shape index (κ2) is 4.86. The van der Waals surface area contributed by atoms with Crippen LogP contribution in [0.25, 0.3) is 11.1 Å². The molecule has 0 radical (unpaired) electrons. The van der Waals surface area contributed by atoms with Crippen LogP contribution in [0, 0.1) is 0 Å². The molecule has 0 aliphatic rings. The molecule has 2 aromatic carbocycles. The van der Waals surface area contributed by atoms with Crippen LogP contribution in [0.3, 0.4) is 0 Å². The van der Waals surface area contributed by atoms with Gasteiger partial charge in [0.25, 0.3) is 0 Å². The quantitative estimate of drug-likeness (QED) is 0.789. The normalized spacial score (nSPS) is 10.7. The van der Waals surface area contributed by atoms with Crippen molar-refractivity contribution in [2.45, 2.75) is 0 Å². The molecule has 3 rings (SSSR count). The Morgan fingerprint density at radius 3 is 2.90 bits per heavy atom. The lowest BCUT2D eigenvalue weighted by Gasteiger charge is -2.01. The van der Waals surface area contributed by atoms with Crippen LogP contribution in [-0.2, 0) is 0 Å². The molecule has 0 fully saturated rings. The van der Waals surface area contributed by atoms with Crippen LogP contribution in [0.15, 0.2) is 46.9 Å². The van der Waals surface area contributed by atoms with Crippen LogP contribution in [0.4, 0.5) is 0 Å². The van der Waals surface area contributed by atoms with Gasteiger partial charge in [0.05, 0.1) is 5.56 Å². The molecule has 0 aliphatic heterocycles. The number of aromatic carboxylic acids is 1. The average Bonchev–Trinajstić information content (AvgIpc) is 2.80. The third kappa shape index (κ3) is 2.44. The van der Waals surface area contributed by atoms with Crippen molar-refractivity contribution in [2.75, 3.05) is 0 Å². The summed E-state index contributed by atoms with van der Waals surface area (Å²) in [6.45, 7) is 0. The Balaban J connectivity index is 1.92. The fourth-order valence-corrected chi connectivity index (χ4v) is 1.88. The third-order valence-electron chi connectivity index (χ3n) is 2.62. The molecule has 0 saturated heterocycles. The zero-order valence-corrected chi connectivity index (χ0v) is 10.8. The van der Waals surface area contributed by atoms with Gasteiger partial charge in [0.1, 0.15) is 11.3 Å². The predicted octanol–water partition coefficient (Wildman–Crippen LogP) is 3.97. The minimum absolute atomic E-state index is 0.0322. The number of hydrogen-bond acceptors (Lipinski definition) is 4. The van der Waals surface area contributed by atoms with Gasteiger partial charge < -0.3 is 14.3 Å². The average molecular weight is 290 g/mol. The molecular weight excluding hydrogens is 282 g/mol. The fourth-order valence-electron chi connectivity index (χ4n) is 1.72. The molecule has 6 heteroatoms. The van der Waals surface area contributed by atoms with E-state index in [4.69, 9.17) is 25.9 Å². The fraction of sp³-hybridized carbons (Fsp3) is 0. The minimum Gasteiger partial charge on any atom is -0.478 e. The lowest BCUT2D eigenvalue weighted by molar-refractivity contribution is 0.0696. The zero-order chi connectivity index (χ0) is 14.1. The standard InChI is InChI=1S/C14H8ClNO4/c15-9-4-5-12-11(7-9)16-14(20-12)19-10-3-1-2-8(6-10)13(17)18/h1-7H,(H,17,18). The van der Waals surface area contributed by atoms with Gasteiger partial charge in [0.15, 0.2) is 5.58 Å². The molecule has 0 spiro atoms. The highest BCUT2D eigenvalue weighted by Crippen LogP contribution is 2.27. The lowest BCUT2D eigenvalue weighted by Crippen LogP contribution is -1.96. The number of nitrogens with zero attached hydrogens (tertiary/aromatic N) is 1. The van der Waals surface area contributed by atoms with Crippen molar-refractivity contribution >= 4 is 28.7 Å². The summed E-state index contributed by atoms with van der Waals surface area (Å²) in [6.07, 6.45) is 0.0322. The Morgan fingerprint density at radius 1 is 1.25 bits per heavy atom. The summed E-state index contributed by atoms with van der Waals surface area (Å²) in [6, 6.07) is 11.1. The first kappa shape index (κ1) is 12.5. The summed E-state index contributed by atoms with van der Waals surface area (Å²) >= 11 is 5.86. The van der Waals surface area contributed by atoms with Crippen molar-refractivity contribution in [3.05, 3.63) is 53.1 Å². The molecule has 0 bridgehead atoms. The van der Waals surface area contributed by atoms with Gasteiger partial charge in [-0.15, -0.1) is 0 Å². The van der Waals surface area contributed by atoms with Crippen molar-refractivity contribution in [1.82, 2.24) is 4.98 Å². The van der Waals surface area contributed by atoms with E-state index in [2.05, 4.69) is 4.98 Å². The van der Waals surface area contributed by atoms with Gasteiger partial charge in [0, 0.05) is 5.02 Å². The van der Waals surface area contributed by atoms with Gasteiger partial charge in [-0.05, 0) is 36.4 Å². The second-order valence-electron chi connectivity index (χ2n) is 4.03. The van der Waals surface area contributed by atoms with E-state index in [-0.39, 0.29) is 11.6 Å². The van der Waals surface area contributed by atoms with Crippen LogP contribution >= 0.6 is 11.6 Å². The monoisotopic (exact) mass is 289 g/mol. The number of aromatic nitrogens is 1. The number of ether oxygens (including phenoxy) is 1. The maximum Gasteiger partial charge on any atom is 0.400 e. The van der Waals surface area contributed by atoms with Crippen molar-refractivity contribution in [3.8, 4) is 11.8 Å². The van der Waals surface area contributed by atoms with E-state index < -0.39 is 5.97 Å².